The smallest absolute Gasteiger partial charge is 0.214 e. The summed E-state index contributed by atoms with van der Waals surface area (Å²) in [5.41, 5.74) is 1.05. The summed E-state index contributed by atoms with van der Waals surface area (Å²) in [6.45, 7) is 3.34. The summed E-state index contributed by atoms with van der Waals surface area (Å²) in [5, 5.41) is 12.2. The van der Waals surface area contributed by atoms with Gasteiger partial charge in [0.1, 0.15) is 5.82 Å². The summed E-state index contributed by atoms with van der Waals surface area (Å²) in [6.07, 6.45) is 2.40. The average Bonchev–Trinajstić information content (AvgIpc) is 3.20. The molecule has 0 bridgehead atoms. The molecular weight excluding hydrogens is 285 g/mol. The van der Waals surface area contributed by atoms with E-state index in [2.05, 4.69) is 15.5 Å². The highest BCUT2D eigenvalue weighted by atomic mass is 19.1. The Morgan fingerprint density at radius 3 is 2.68 bits per heavy atom. The highest BCUT2D eigenvalue weighted by Gasteiger charge is 2.33. The Bertz CT molecular complexity index is 594. The molecule has 1 fully saturated rings. The Kier molecular flexibility index (Phi) is 4.74. The van der Waals surface area contributed by atoms with Crippen LogP contribution < -0.4 is 4.90 Å². The molecule has 0 unspecified atom stereocenters. The van der Waals surface area contributed by atoms with Gasteiger partial charge in [-0.05, 0) is 34.7 Å². The maximum Gasteiger partial charge on any atom is 0.214 e. The zero-order chi connectivity index (χ0) is 15.4. The molecule has 1 aromatic heterocycles. The lowest BCUT2D eigenvalue weighted by Gasteiger charge is -2.24. The number of rotatable bonds is 6. The molecule has 0 aliphatic carbocycles. The first-order valence-electron chi connectivity index (χ1n) is 7.64. The number of benzene rings is 1. The minimum Gasteiger partial charge on any atom is -0.383 e. The maximum absolute atomic E-state index is 13.2. The molecule has 2 heterocycles. The van der Waals surface area contributed by atoms with Gasteiger partial charge in [0.05, 0.1) is 26.2 Å². The number of hydrogen-bond acceptors (Lipinski definition) is 4. The van der Waals surface area contributed by atoms with Gasteiger partial charge in [-0.15, -0.1) is 5.10 Å². The largest absolute Gasteiger partial charge is 0.383 e. The standard InChI is InChI=1S/C15H20FN5O/c1-22-11-10-21-15(17-18-19-21)14(20-8-2-3-9-20)12-4-6-13(16)7-5-12/h4-7,14H,2-3,8-11H2,1H3/p+1/t14-/m1/s1. The highest BCUT2D eigenvalue weighted by Crippen LogP contribution is 2.18. The first-order valence-corrected chi connectivity index (χ1v) is 7.64. The third-order valence-corrected chi connectivity index (χ3v) is 4.18. The predicted molar refractivity (Wildman–Crippen MR) is 77.9 cm³/mol. The van der Waals surface area contributed by atoms with Crippen LogP contribution >= 0.6 is 0 Å². The molecule has 1 aliphatic rings. The van der Waals surface area contributed by atoms with E-state index in [-0.39, 0.29) is 11.9 Å². The van der Waals surface area contributed by atoms with E-state index in [4.69, 9.17) is 4.74 Å². The fourth-order valence-electron chi connectivity index (χ4n) is 3.10. The maximum atomic E-state index is 13.2. The van der Waals surface area contributed by atoms with Crippen LogP contribution in [0, 0.1) is 5.82 Å². The summed E-state index contributed by atoms with van der Waals surface area (Å²) in [6, 6.07) is 6.71. The summed E-state index contributed by atoms with van der Waals surface area (Å²) in [5.74, 6) is 0.596. The molecule has 1 atom stereocenters. The van der Waals surface area contributed by atoms with Crippen molar-refractivity contribution in [3.8, 4) is 0 Å². The lowest BCUT2D eigenvalue weighted by atomic mass is 10.0. The van der Waals surface area contributed by atoms with E-state index in [1.54, 1.807) is 11.8 Å². The van der Waals surface area contributed by atoms with Gasteiger partial charge in [0.15, 0.2) is 6.04 Å². The number of methoxy groups -OCH3 is 1. The molecule has 1 saturated heterocycles. The van der Waals surface area contributed by atoms with Crippen LogP contribution in [0.2, 0.25) is 0 Å². The van der Waals surface area contributed by atoms with Crippen molar-refractivity contribution in [3.63, 3.8) is 0 Å². The molecule has 0 radical (unpaired) electrons. The SMILES string of the molecule is COCCn1nnnc1[C@@H](c1ccc(F)cc1)[NH+]1CCCC1. The molecule has 0 amide bonds. The van der Waals surface area contributed by atoms with Crippen LogP contribution in [-0.2, 0) is 11.3 Å². The van der Waals surface area contributed by atoms with Gasteiger partial charge in [-0.3, -0.25) is 0 Å². The Balaban J connectivity index is 1.94. The van der Waals surface area contributed by atoms with Crippen LogP contribution in [0.25, 0.3) is 0 Å². The number of halogens is 1. The molecule has 1 N–H and O–H groups in total. The first kappa shape index (κ1) is 15.1. The van der Waals surface area contributed by atoms with E-state index in [0.29, 0.717) is 13.2 Å². The topological polar surface area (TPSA) is 57.3 Å². The van der Waals surface area contributed by atoms with Crippen molar-refractivity contribution in [2.75, 3.05) is 26.8 Å². The second kappa shape index (κ2) is 6.93. The average molecular weight is 306 g/mol. The Labute approximate surface area is 128 Å². The zero-order valence-electron chi connectivity index (χ0n) is 12.7. The summed E-state index contributed by atoms with van der Waals surface area (Å²) in [4.78, 5) is 1.43. The van der Waals surface area contributed by atoms with E-state index in [1.165, 1.54) is 29.9 Å². The van der Waals surface area contributed by atoms with Gasteiger partial charge in [0.2, 0.25) is 5.82 Å². The quantitative estimate of drug-likeness (QED) is 0.830. The van der Waals surface area contributed by atoms with Crippen LogP contribution in [0.5, 0.6) is 0 Å². The van der Waals surface area contributed by atoms with Gasteiger partial charge in [0.25, 0.3) is 0 Å². The predicted octanol–water partition coefficient (Wildman–Crippen LogP) is 0.227. The molecular formula is C15H21FN5O+. The van der Waals surface area contributed by atoms with Gasteiger partial charge in [-0.1, -0.05) is 0 Å². The van der Waals surface area contributed by atoms with Gasteiger partial charge in [0, 0.05) is 25.5 Å². The third-order valence-electron chi connectivity index (χ3n) is 4.18. The molecule has 7 heteroatoms. The first-order chi connectivity index (χ1) is 10.8. The minimum atomic E-state index is -0.224. The Morgan fingerprint density at radius 1 is 1.27 bits per heavy atom. The summed E-state index contributed by atoms with van der Waals surface area (Å²) < 4.78 is 20.2. The fraction of sp³-hybridized carbons (Fsp3) is 0.533. The van der Waals surface area contributed by atoms with E-state index in [1.807, 2.05) is 12.1 Å². The van der Waals surface area contributed by atoms with Crippen molar-refractivity contribution in [2.45, 2.75) is 25.4 Å². The molecule has 118 valence electrons. The molecule has 1 aromatic carbocycles. The number of tetrazole rings is 1. The molecule has 6 nitrogen and oxygen atoms in total. The number of nitrogens with one attached hydrogen (secondary N) is 1. The van der Waals surface area contributed by atoms with Crippen LogP contribution in [0.3, 0.4) is 0 Å². The minimum absolute atomic E-state index is 0.0370. The molecule has 0 spiro atoms. The Morgan fingerprint density at radius 2 is 2.00 bits per heavy atom. The number of hydrogen-bond donors (Lipinski definition) is 1. The number of likely N-dealkylation sites (tertiary alicyclic amines) is 1. The summed E-state index contributed by atoms with van der Waals surface area (Å²) >= 11 is 0. The number of ether oxygens (including phenoxy) is 1. The van der Waals surface area contributed by atoms with Crippen molar-refractivity contribution in [2.24, 2.45) is 0 Å². The van der Waals surface area contributed by atoms with E-state index in [0.717, 1.165) is 24.5 Å². The van der Waals surface area contributed by atoms with Crippen molar-refractivity contribution < 1.29 is 14.0 Å². The van der Waals surface area contributed by atoms with Crippen molar-refractivity contribution >= 4 is 0 Å². The second-order valence-electron chi connectivity index (χ2n) is 5.60. The van der Waals surface area contributed by atoms with Gasteiger partial charge < -0.3 is 9.64 Å². The number of quaternary nitrogens is 1. The molecule has 0 saturated carbocycles. The number of aromatic nitrogens is 4. The highest BCUT2D eigenvalue weighted by molar-refractivity contribution is 5.23. The molecule has 2 aromatic rings. The monoisotopic (exact) mass is 306 g/mol. The molecule has 22 heavy (non-hydrogen) atoms. The van der Waals surface area contributed by atoms with Crippen LogP contribution in [-0.4, -0.2) is 47.0 Å². The van der Waals surface area contributed by atoms with Crippen LogP contribution in [0.15, 0.2) is 24.3 Å². The van der Waals surface area contributed by atoms with Crippen LogP contribution in [0.4, 0.5) is 4.39 Å². The van der Waals surface area contributed by atoms with Crippen molar-refractivity contribution in [1.29, 1.82) is 0 Å². The van der Waals surface area contributed by atoms with Crippen molar-refractivity contribution in [1.82, 2.24) is 20.2 Å². The lowest BCUT2D eigenvalue weighted by Crippen LogP contribution is -3.10. The van der Waals surface area contributed by atoms with Gasteiger partial charge >= 0.3 is 0 Å². The van der Waals surface area contributed by atoms with Crippen molar-refractivity contribution in [3.05, 3.63) is 41.5 Å². The Hall–Kier alpha value is -1.86. The molecule has 1 aliphatic heterocycles. The fourth-order valence-corrected chi connectivity index (χ4v) is 3.10. The second-order valence-corrected chi connectivity index (χ2v) is 5.60. The van der Waals surface area contributed by atoms with Gasteiger partial charge in [-0.25, -0.2) is 9.07 Å². The van der Waals surface area contributed by atoms with E-state index >= 15 is 0 Å². The zero-order valence-corrected chi connectivity index (χ0v) is 12.7. The van der Waals surface area contributed by atoms with Crippen LogP contribution in [0.1, 0.15) is 30.3 Å². The third kappa shape index (κ3) is 3.15. The molecule has 3 rings (SSSR count). The normalized spacial score (nSPS) is 17.0. The van der Waals surface area contributed by atoms with E-state index in [9.17, 15) is 4.39 Å². The van der Waals surface area contributed by atoms with E-state index < -0.39 is 0 Å². The summed E-state index contributed by atoms with van der Waals surface area (Å²) in [7, 11) is 1.66. The van der Waals surface area contributed by atoms with Gasteiger partial charge in [-0.2, -0.15) is 0 Å². The lowest BCUT2D eigenvalue weighted by molar-refractivity contribution is -0.914. The number of nitrogens with zero attached hydrogens (tertiary/aromatic N) is 4.